The van der Waals surface area contributed by atoms with Gasteiger partial charge in [-0.2, -0.15) is 0 Å². The summed E-state index contributed by atoms with van der Waals surface area (Å²) < 4.78 is 0. The largest absolute Gasteiger partial charge is 0.391 e. The quantitative estimate of drug-likeness (QED) is 0.824. The van der Waals surface area contributed by atoms with Crippen molar-refractivity contribution in [2.45, 2.75) is 18.9 Å². The highest BCUT2D eigenvalue weighted by Crippen LogP contribution is 2.43. The van der Waals surface area contributed by atoms with E-state index in [0.29, 0.717) is 0 Å². The van der Waals surface area contributed by atoms with Crippen LogP contribution in [0.3, 0.4) is 0 Å². The number of fused-ring (bicyclic) bond motifs is 1. The van der Waals surface area contributed by atoms with Crippen molar-refractivity contribution in [1.82, 2.24) is 0 Å². The maximum Gasteiger partial charge on any atom is 0.0749 e. The fourth-order valence-corrected chi connectivity index (χ4v) is 2.80. The Bertz CT molecular complexity index is 408. The molecule has 2 unspecified atom stereocenters. The van der Waals surface area contributed by atoms with Crippen molar-refractivity contribution in [2.75, 3.05) is 25.0 Å². The smallest absolute Gasteiger partial charge is 0.0749 e. The maximum absolute atomic E-state index is 9.93. The number of benzene rings is 1. The highest BCUT2D eigenvalue weighted by Gasteiger charge is 2.34. The number of halogens is 1. The Balaban J connectivity index is 2.52. The molecule has 0 aliphatic carbocycles. The Hall–Kier alpha value is -0.770. The third kappa shape index (κ3) is 1.69. The molecule has 0 amide bonds. The van der Waals surface area contributed by atoms with E-state index in [1.165, 1.54) is 5.56 Å². The average molecular weight is 241 g/mol. The first-order valence-electron chi connectivity index (χ1n) is 5.44. The summed E-state index contributed by atoms with van der Waals surface area (Å²) in [5.41, 5.74) is 8.91. The van der Waals surface area contributed by atoms with Gasteiger partial charge in [0.2, 0.25) is 0 Å². The molecule has 0 saturated heterocycles. The van der Waals surface area contributed by atoms with Gasteiger partial charge in [0, 0.05) is 42.3 Å². The van der Waals surface area contributed by atoms with E-state index < -0.39 is 6.10 Å². The van der Waals surface area contributed by atoms with Gasteiger partial charge in [-0.1, -0.05) is 17.7 Å². The Morgan fingerprint density at radius 1 is 1.62 bits per heavy atom. The van der Waals surface area contributed by atoms with Gasteiger partial charge in [0.15, 0.2) is 0 Å². The Morgan fingerprint density at radius 3 is 2.94 bits per heavy atom. The fourth-order valence-electron chi connectivity index (χ4n) is 2.51. The van der Waals surface area contributed by atoms with Crippen LogP contribution in [0.4, 0.5) is 5.69 Å². The number of anilines is 1. The second-order valence-corrected chi connectivity index (χ2v) is 4.82. The summed E-state index contributed by atoms with van der Waals surface area (Å²) in [6.07, 6.45) is -0.525. The zero-order chi connectivity index (χ0) is 11.9. The third-order valence-corrected chi connectivity index (χ3v) is 3.62. The number of nitrogens with two attached hydrogens (primary N) is 1. The van der Waals surface area contributed by atoms with Gasteiger partial charge in [-0.3, -0.25) is 0 Å². The van der Waals surface area contributed by atoms with E-state index in [0.717, 1.165) is 22.8 Å². The second-order valence-electron chi connectivity index (χ2n) is 4.42. The van der Waals surface area contributed by atoms with Crippen LogP contribution in [-0.4, -0.2) is 31.3 Å². The van der Waals surface area contributed by atoms with E-state index in [9.17, 15) is 5.11 Å². The molecule has 1 aliphatic heterocycles. The molecule has 0 spiro atoms. The molecule has 1 aromatic rings. The summed E-state index contributed by atoms with van der Waals surface area (Å²) in [7, 11) is 2.02. The van der Waals surface area contributed by atoms with Crippen molar-refractivity contribution in [2.24, 2.45) is 5.73 Å². The molecule has 3 nitrogen and oxygen atoms in total. The van der Waals surface area contributed by atoms with Crippen molar-refractivity contribution >= 4 is 17.3 Å². The monoisotopic (exact) mass is 240 g/mol. The zero-order valence-electron chi connectivity index (χ0n) is 9.57. The van der Waals surface area contributed by atoms with Crippen LogP contribution < -0.4 is 10.6 Å². The van der Waals surface area contributed by atoms with Crippen LogP contribution in [0, 0.1) is 6.92 Å². The van der Waals surface area contributed by atoms with Crippen LogP contribution >= 0.6 is 11.6 Å². The van der Waals surface area contributed by atoms with E-state index in [1.807, 2.05) is 19.2 Å². The van der Waals surface area contributed by atoms with Crippen LogP contribution in [0.15, 0.2) is 12.1 Å². The molecular formula is C12H17ClN2O. The molecule has 0 saturated carbocycles. The van der Waals surface area contributed by atoms with Crippen molar-refractivity contribution in [3.05, 3.63) is 28.3 Å². The van der Waals surface area contributed by atoms with E-state index in [4.69, 9.17) is 17.3 Å². The molecule has 0 radical (unpaired) electrons. The molecular weight excluding hydrogens is 224 g/mol. The fraction of sp³-hybridized carbons (Fsp3) is 0.500. The summed E-state index contributed by atoms with van der Waals surface area (Å²) in [6.45, 7) is 3.10. The van der Waals surface area contributed by atoms with Crippen molar-refractivity contribution in [1.29, 1.82) is 0 Å². The highest BCUT2D eigenvalue weighted by atomic mass is 35.5. The number of aliphatic hydroxyl groups is 1. The summed E-state index contributed by atoms with van der Waals surface area (Å²) in [4.78, 5) is 2.14. The molecule has 0 aromatic heterocycles. The zero-order valence-corrected chi connectivity index (χ0v) is 10.3. The first kappa shape index (κ1) is 11.7. The molecule has 0 bridgehead atoms. The van der Waals surface area contributed by atoms with Crippen molar-refractivity contribution in [3.63, 3.8) is 0 Å². The molecule has 16 heavy (non-hydrogen) atoms. The predicted molar refractivity (Wildman–Crippen MR) is 67.3 cm³/mol. The van der Waals surface area contributed by atoms with Gasteiger partial charge in [-0.05, 0) is 18.6 Å². The number of likely N-dealkylation sites (N-methyl/N-ethyl adjacent to an activating group) is 1. The van der Waals surface area contributed by atoms with Gasteiger partial charge in [0.05, 0.1) is 6.10 Å². The molecule has 1 aliphatic rings. The van der Waals surface area contributed by atoms with Crippen LogP contribution in [0.25, 0.3) is 0 Å². The lowest BCUT2D eigenvalue weighted by molar-refractivity contribution is 0.156. The Kier molecular flexibility index (Phi) is 3.10. The van der Waals surface area contributed by atoms with Gasteiger partial charge >= 0.3 is 0 Å². The normalized spacial score (nSPS) is 21.1. The first-order valence-corrected chi connectivity index (χ1v) is 5.82. The van der Waals surface area contributed by atoms with Gasteiger partial charge in [-0.15, -0.1) is 0 Å². The summed E-state index contributed by atoms with van der Waals surface area (Å²) >= 11 is 6.22. The molecule has 2 rings (SSSR count). The van der Waals surface area contributed by atoms with Gasteiger partial charge in [0.1, 0.15) is 0 Å². The van der Waals surface area contributed by atoms with Gasteiger partial charge < -0.3 is 15.7 Å². The van der Waals surface area contributed by atoms with Crippen LogP contribution in [0.5, 0.6) is 0 Å². The summed E-state index contributed by atoms with van der Waals surface area (Å²) in [5, 5.41) is 10.7. The number of hydrogen-bond donors (Lipinski definition) is 2. The minimum atomic E-state index is -0.525. The molecule has 1 aromatic carbocycles. The van der Waals surface area contributed by atoms with E-state index in [2.05, 4.69) is 11.8 Å². The van der Waals surface area contributed by atoms with Crippen LogP contribution in [0.2, 0.25) is 5.02 Å². The molecule has 88 valence electrons. The van der Waals surface area contributed by atoms with Crippen LogP contribution in [-0.2, 0) is 0 Å². The van der Waals surface area contributed by atoms with E-state index in [-0.39, 0.29) is 12.5 Å². The first-order chi connectivity index (χ1) is 7.56. The molecule has 3 N–H and O–H groups in total. The topological polar surface area (TPSA) is 49.5 Å². The number of rotatable bonds is 2. The summed E-state index contributed by atoms with van der Waals surface area (Å²) in [5.74, 6) is 0.0254. The van der Waals surface area contributed by atoms with Gasteiger partial charge in [-0.25, -0.2) is 0 Å². The number of aryl methyl sites for hydroxylation is 1. The minimum absolute atomic E-state index is 0.0254. The lowest BCUT2D eigenvalue weighted by atomic mass is 9.94. The molecule has 1 heterocycles. The number of aliphatic hydroxyl groups excluding tert-OH is 1. The molecule has 2 atom stereocenters. The van der Waals surface area contributed by atoms with Crippen molar-refractivity contribution < 1.29 is 5.11 Å². The maximum atomic E-state index is 9.93. The van der Waals surface area contributed by atoms with Crippen molar-refractivity contribution in [3.8, 4) is 0 Å². The summed E-state index contributed by atoms with van der Waals surface area (Å²) in [6, 6.07) is 3.90. The number of nitrogens with zero attached hydrogens (tertiary/aromatic N) is 1. The Morgan fingerprint density at radius 2 is 2.31 bits per heavy atom. The molecule has 0 fully saturated rings. The lowest BCUT2D eigenvalue weighted by Gasteiger charge is -2.17. The highest BCUT2D eigenvalue weighted by molar-refractivity contribution is 6.32. The third-order valence-electron chi connectivity index (χ3n) is 3.29. The average Bonchev–Trinajstić information content (AvgIpc) is 2.62. The standard InChI is InChI=1S/C12H17ClN2O/c1-7-3-4-9(13)11-8(10(16)5-14)6-15(2)12(7)11/h3-4,8,10,16H,5-6,14H2,1-2H3. The van der Waals surface area contributed by atoms with Crippen LogP contribution in [0.1, 0.15) is 17.0 Å². The predicted octanol–water partition coefficient (Wildman–Crippen LogP) is 1.50. The van der Waals surface area contributed by atoms with E-state index in [1.54, 1.807) is 0 Å². The van der Waals surface area contributed by atoms with E-state index >= 15 is 0 Å². The minimum Gasteiger partial charge on any atom is -0.391 e. The second kappa shape index (κ2) is 4.24. The molecule has 4 heteroatoms. The SMILES string of the molecule is Cc1ccc(Cl)c2c1N(C)CC2C(O)CN. The lowest BCUT2D eigenvalue weighted by Crippen LogP contribution is -2.30. The Labute approximate surface area is 101 Å². The number of hydrogen-bond acceptors (Lipinski definition) is 3. The van der Waals surface area contributed by atoms with Gasteiger partial charge in [0.25, 0.3) is 0 Å².